The molecule has 0 heterocycles. The van der Waals surface area contributed by atoms with Gasteiger partial charge in [-0.25, -0.2) is 8.42 Å². The Bertz CT molecular complexity index is 348. The Morgan fingerprint density at radius 3 is 2.53 bits per heavy atom. The Morgan fingerprint density at radius 2 is 2.06 bits per heavy atom. The second-order valence-corrected chi connectivity index (χ2v) is 6.38. The minimum Gasteiger partial charge on any atom is -0.469 e. The SMILES string of the molecule is CCCN(C1CC1)S(=O)(=O)CCCC(=O)OC. The second-order valence-electron chi connectivity index (χ2n) is 4.34. The predicted octanol–water partition coefficient (Wildman–Crippen LogP) is 1.14. The summed E-state index contributed by atoms with van der Waals surface area (Å²) >= 11 is 0. The lowest BCUT2D eigenvalue weighted by Gasteiger charge is -2.20. The molecule has 1 saturated carbocycles. The number of methoxy groups -OCH3 is 1. The molecule has 0 amide bonds. The van der Waals surface area contributed by atoms with Crippen LogP contribution in [0, 0.1) is 0 Å². The maximum atomic E-state index is 12.0. The zero-order valence-corrected chi connectivity index (χ0v) is 11.3. The van der Waals surface area contributed by atoms with Crippen LogP contribution in [0.2, 0.25) is 0 Å². The lowest BCUT2D eigenvalue weighted by molar-refractivity contribution is -0.140. The van der Waals surface area contributed by atoms with Crippen LogP contribution in [-0.4, -0.2) is 44.1 Å². The van der Waals surface area contributed by atoms with Gasteiger partial charge in [-0.05, 0) is 25.7 Å². The third-order valence-corrected chi connectivity index (χ3v) is 4.77. The molecule has 0 saturated heterocycles. The Labute approximate surface area is 103 Å². The lowest BCUT2D eigenvalue weighted by atomic mass is 10.3. The van der Waals surface area contributed by atoms with Crippen molar-refractivity contribution in [3.8, 4) is 0 Å². The van der Waals surface area contributed by atoms with Crippen LogP contribution in [0.25, 0.3) is 0 Å². The molecule has 1 fully saturated rings. The molecule has 0 aromatic rings. The Balaban J connectivity index is 2.45. The fourth-order valence-electron chi connectivity index (χ4n) is 1.75. The molecule has 100 valence electrons. The van der Waals surface area contributed by atoms with E-state index in [1.54, 1.807) is 4.31 Å². The van der Waals surface area contributed by atoms with E-state index in [0.717, 1.165) is 19.3 Å². The van der Waals surface area contributed by atoms with Crippen molar-refractivity contribution in [2.24, 2.45) is 0 Å². The van der Waals surface area contributed by atoms with Gasteiger partial charge in [-0.3, -0.25) is 4.79 Å². The molecule has 0 aromatic heterocycles. The molecule has 0 bridgehead atoms. The van der Waals surface area contributed by atoms with Crippen molar-refractivity contribution in [2.45, 2.75) is 45.1 Å². The standard InChI is InChI=1S/C11H21NO4S/c1-3-8-12(10-6-7-10)17(14,15)9-4-5-11(13)16-2/h10H,3-9H2,1-2H3. The van der Waals surface area contributed by atoms with E-state index in [9.17, 15) is 13.2 Å². The fourth-order valence-corrected chi connectivity index (χ4v) is 3.62. The average molecular weight is 263 g/mol. The van der Waals surface area contributed by atoms with Crippen molar-refractivity contribution in [3.63, 3.8) is 0 Å². The first kappa shape index (κ1) is 14.4. The maximum absolute atomic E-state index is 12.0. The number of nitrogens with zero attached hydrogens (tertiary/aromatic N) is 1. The van der Waals surface area contributed by atoms with Crippen molar-refractivity contribution in [1.29, 1.82) is 0 Å². The Kier molecular flexibility index (Phi) is 5.39. The number of esters is 1. The number of ether oxygens (including phenoxy) is 1. The molecule has 0 radical (unpaired) electrons. The maximum Gasteiger partial charge on any atom is 0.305 e. The van der Waals surface area contributed by atoms with Crippen molar-refractivity contribution in [3.05, 3.63) is 0 Å². The molecule has 17 heavy (non-hydrogen) atoms. The molecule has 1 aliphatic carbocycles. The molecule has 0 aromatic carbocycles. The van der Waals surface area contributed by atoms with Gasteiger partial charge in [0.2, 0.25) is 10.0 Å². The normalized spacial score (nSPS) is 16.2. The van der Waals surface area contributed by atoms with E-state index in [-0.39, 0.29) is 24.2 Å². The number of hydrogen-bond acceptors (Lipinski definition) is 4. The van der Waals surface area contributed by atoms with E-state index in [1.807, 2.05) is 6.92 Å². The highest BCUT2D eigenvalue weighted by molar-refractivity contribution is 7.89. The smallest absolute Gasteiger partial charge is 0.305 e. The molecular formula is C11H21NO4S. The molecule has 0 spiro atoms. The zero-order valence-electron chi connectivity index (χ0n) is 10.5. The molecule has 0 atom stereocenters. The molecule has 0 N–H and O–H groups in total. The summed E-state index contributed by atoms with van der Waals surface area (Å²) in [5.41, 5.74) is 0. The van der Waals surface area contributed by atoms with E-state index < -0.39 is 10.0 Å². The van der Waals surface area contributed by atoms with Crippen LogP contribution < -0.4 is 0 Å². The summed E-state index contributed by atoms with van der Waals surface area (Å²) in [7, 11) is -1.89. The van der Waals surface area contributed by atoms with E-state index in [1.165, 1.54) is 7.11 Å². The third kappa shape index (κ3) is 4.63. The van der Waals surface area contributed by atoms with Crippen molar-refractivity contribution in [2.75, 3.05) is 19.4 Å². The zero-order chi connectivity index (χ0) is 12.9. The highest BCUT2D eigenvalue weighted by atomic mass is 32.2. The van der Waals surface area contributed by atoms with Gasteiger partial charge in [-0.15, -0.1) is 0 Å². The predicted molar refractivity (Wildman–Crippen MR) is 65.1 cm³/mol. The number of hydrogen-bond donors (Lipinski definition) is 0. The Morgan fingerprint density at radius 1 is 1.41 bits per heavy atom. The fraction of sp³-hybridized carbons (Fsp3) is 0.909. The van der Waals surface area contributed by atoms with Gasteiger partial charge in [0.15, 0.2) is 0 Å². The van der Waals surface area contributed by atoms with E-state index >= 15 is 0 Å². The van der Waals surface area contributed by atoms with Crippen LogP contribution in [0.3, 0.4) is 0 Å². The summed E-state index contributed by atoms with van der Waals surface area (Å²) in [6, 6.07) is 0.207. The summed E-state index contributed by atoms with van der Waals surface area (Å²) in [6.45, 7) is 2.56. The van der Waals surface area contributed by atoms with Gasteiger partial charge in [-0.1, -0.05) is 6.92 Å². The summed E-state index contributed by atoms with van der Waals surface area (Å²) < 4.78 is 30.2. The van der Waals surface area contributed by atoms with E-state index in [2.05, 4.69) is 4.74 Å². The topological polar surface area (TPSA) is 63.7 Å². The summed E-state index contributed by atoms with van der Waals surface area (Å²) in [4.78, 5) is 10.9. The molecule has 1 rings (SSSR count). The first-order valence-corrected chi connectivity index (χ1v) is 7.68. The minimum atomic E-state index is -3.20. The molecular weight excluding hydrogens is 242 g/mol. The number of carbonyl (C=O) groups excluding carboxylic acids is 1. The monoisotopic (exact) mass is 263 g/mol. The van der Waals surface area contributed by atoms with Gasteiger partial charge < -0.3 is 4.74 Å². The van der Waals surface area contributed by atoms with Gasteiger partial charge in [0.05, 0.1) is 12.9 Å². The van der Waals surface area contributed by atoms with Gasteiger partial charge in [0, 0.05) is 19.0 Å². The first-order chi connectivity index (χ1) is 8.01. The number of rotatable bonds is 8. The van der Waals surface area contributed by atoms with Gasteiger partial charge in [0.1, 0.15) is 0 Å². The van der Waals surface area contributed by atoms with Gasteiger partial charge in [0.25, 0.3) is 0 Å². The van der Waals surface area contributed by atoms with Crippen molar-refractivity contribution >= 4 is 16.0 Å². The van der Waals surface area contributed by atoms with Gasteiger partial charge >= 0.3 is 5.97 Å². The largest absolute Gasteiger partial charge is 0.469 e. The molecule has 1 aliphatic rings. The van der Waals surface area contributed by atoms with Gasteiger partial charge in [-0.2, -0.15) is 4.31 Å². The highest BCUT2D eigenvalue weighted by Gasteiger charge is 2.36. The summed E-state index contributed by atoms with van der Waals surface area (Å²) in [5, 5.41) is 0. The average Bonchev–Trinajstić information content (AvgIpc) is 3.09. The van der Waals surface area contributed by atoms with Crippen LogP contribution in [0.5, 0.6) is 0 Å². The van der Waals surface area contributed by atoms with Crippen LogP contribution in [0.15, 0.2) is 0 Å². The highest BCUT2D eigenvalue weighted by Crippen LogP contribution is 2.29. The van der Waals surface area contributed by atoms with Crippen LogP contribution in [-0.2, 0) is 19.6 Å². The molecule has 6 heteroatoms. The van der Waals surface area contributed by atoms with E-state index in [4.69, 9.17) is 0 Å². The molecule has 0 unspecified atom stereocenters. The van der Waals surface area contributed by atoms with E-state index in [0.29, 0.717) is 13.0 Å². The number of carbonyl (C=O) groups is 1. The third-order valence-electron chi connectivity index (χ3n) is 2.77. The molecule has 5 nitrogen and oxygen atoms in total. The van der Waals surface area contributed by atoms with Crippen molar-refractivity contribution < 1.29 is 17.9 Å². The summed E-state index contributed by atoms with van der Waals surface area (Å²) in [6.07, 6.45) is 3.27. The van der Waals surface area contributed by atoms with Crippen LogP contribution in [0.1, 0.15) is 39.0 Å². The van der Waals surface area contributed by atoms with Crippen LogP contribution >= 0.6 is 0 Å². The number of sulfonamides is 1. The van der Waals surface area contributed by atoms with Crippen LogP contribution in [0.4, 0.5) is 0 Å². The molecule has 0 aliphatic heterocycles. The quantitative estimate of drug-likeness (QED) is 0.616. The Hall–Kier alpha value is -0.620. The summed E-state index contributed by atoms with van der Waals surface area (Å²) in [5.74, 6) is -0.313. The first-order valence-electron chi connectivity index (χ1n) is 6.07. The lowest BCUT2D eigenvalue weighted by Crippen LogP contribution is -2.35. The van der Waals surface area contributed by atoms with Crippen molar-refractivity contribution in [1.82, 2.24) is 4.31 Å². The second kappa shape index (κ2) is 6.35. The minimum absolute atomic E-state index is 0.0403.